The summed E-state index contributed by atoms with van der Waals surface area (Å²) in [4.78, 5) is 17.5. The molecule has 0 aliphatic carbocycles. The van der Waals surface area contributed by atoms with E-state index in [0.29, 0.717) is 16.5 Å². The van der Waals surface area contributed by atoms with Crippen molar-refractivity contribution < 1.29 is 4.79 Å². The molecule has 0 bridgehead atoms. The van der Waals surface area contributed by atoms with Crippen LogP contribution in [0.5, 0.6) is 0 Å². The topological polar surface area (TPSA) is 42.0 Å². The molecule has 1 N–H and O–H groups in total. The third kappa shape index (κ3) is 4.05. The highest BCUT2D eigenvalue weighted by Crippen LogP contribution is 2.27. The van der Waals surface area contributed by atoms with Crippen molar-refractivity contribution in [3.8, 4) is 0 Å². The van der Waals surface area contributed by atoms with Crippen LogP contribution in [0, 0.1) is 0 Å². The summed E-state index contributed by atoms with van der Waals surface area (Å²) in [6, 6.07) is 15.2. The number of hydrogen-bond acceptors (Lipinski definition) is 3. The SMILES string of the molecule is O=C(CSc1cccc2cccnc12)Nc1ccc(Cl)c(Br)c1. The molecule has 2 aromatic carbocycles. The van der Waals surface area contributed by atoms with Gasteiger partial charge >= 0.3 is 0 Å². The summed E-state index contributed by atoms with van der Waals surface area (Å²) in [5.41, 5.74) is 1.63. The number of thioether (sulfide) groups is 1. The fourth-order valence-corrected chi connectivity index (χ4v) is 3.44. The van der Waals surface area contributed by atoms with Gasteiger partial charge in [0.25, 0.3) is 0 Å². The third-order valence-corrected chi connectivity index (χ3v) is 5.42. The van der Waals surface area contributed by atoms with E-state index in [1.165, 1.54) is 11.8 Å². The van der Waals surface area contributed by atoms with Crippen LogP contribution in [-0.2, 0) is 4.79 Å². The summed E-state index contributed by atoms with van der Waals surface area (Å²) in [6.45, 7) is 0. The summed E-state index contributed by atoms with van der Waals surface area (Å²) in [5.74, 6) is 0.243. The molecular formula is C17H12BrClN2OS. The highest BCUT2D eigenvalue weighted by Gasteiger charge is 2.08. The van der Waals surface area contributed by atoms with Gasteiger partial charge in [-0.25, -0.2) is 0 Å². The Morgan fingerprint density at radius 1 is 1.22 bits per heavy atom. The minimum Gasteiger partial charge on any atom is -0.325 e. The summed E-state index contributed by atoms with van der Waals surface area (Å²) in [6.07, 6.45) is 1.76. The van der Waals surface area contributed by atoms with Crippen LogP contribution in [0.3, 0.4) is 0 Å². The first-order chi connectivity index (χ1) is 11.1. The molecule has 0 saturated carbocycles. The van der Waals surface area contributed by atoms with Gasteiger partial charge in [-0.3, -0.25) is 9.78 Å². The molecule has 0 unspecified atom stereocenters. The summed E-state index contributed by atoms with van der Waals surface area (Å²) in [7, 11) is 0. The van der Waals surface area contributed by atoms with E-state index >= 15 is 0 Å². The molecule has 3 nitrogen and oxygen atoms in total. The second-order valence-corrected chi connectivity index (χ2v) is 7.08. The van der Waals surface area contributed by atoms with E-state index in [9.17, 15) is 4.79 Å². The van der Waals surface area contributed by atoms with Crippen LogP contribution < -0.4 is 5.32 Å². The third-order valence-electron chi connectivity index (χ3n) is 3.16. The van der Waals surface area contributed by atoms with Gasteiger partial charge in [0.15, 0.2) is 0 Å². The molecular weight excluding hydrogens is 396 g/mol. The number of nitrogens with zero attached hydrogens (tertiary/aromatic N) is 1. The molecule has 1 aromatic heterocycles. The van der Waals surface area contributed by atoms with E-state index in [2.05, 4.69) is 26.2 Å². The predicted molar refractivity (Wildman–Crippen MR) is 100 cm³/mol. The number of carbonyl (C=O) groups excluding carboxylic acids is 1. The lowest BCUT2D eigenvalue weighted by atomic mass is 10.2. The Morgan fingerprint density at radius 3 is 2.87 bits per heavy atom. The number of halogens is 2. The summed E-state index contributed by atoms with van der Waals surface area (Å²) >= 11 is 10.8. The molecule has 0 fully saturated rings. The molecule has 3 aromatic rings. The number of para-hydroxylation sites is 1. The van der Waals surface area contributed by atoms with Gasteiger partial charge in [-0.15, -0.1) is 11.8 Å². The Bertz CT molecular complexity index is 867. The Hall–Kier alpha value is -1.56. The van der Waals surface area contributed by atoms with Gasteiger partial charge in [0.1, 0.15) is 0 Å². The van der Waals surface area contributed by atoms with Gasteiger partial charge in [-0.05, 0) is 46.3 Å². The number of aromatic nitrogens is 1. The van der Waals surface area contributed by atoms with Crippen LogP contribution in [0.1, 0.15) is 0 Å². The fourth-order valence-electron chi connectivity index (χ4n) is 2.11. The van der Waals surface area contributed by atoms with Crippen LogP contribution in [0.2, 0.25) is 5.02 Å². The first-order valence-corrected chi connectivity index (χ1v) is 9.00. The Kier molecular flexibility index (Phi) is 5.20. The number of nitrogens with one attached hydrogen (secondary N) is 1. The van der Waals surface area contributed by atoms with E-state index in [1.807, 2.05) is 30.3 Å². The molecule has 0 aliphatic heterocycles. The summed E-state index contributed by atoms with van der Waals surface area (Å²) < 4.78 is 0.753. The van der Waals surface area contributed by atoms with Crippen molar-refractivity contribution in [2.45, 2.75) is 4.90 Å². The van der Waals surface area contributed by atoms with Crippen molar-refractivity contribution in [2.75, 3.05) is 11.1 Å². The second kappa shape index (κ2) is 7.34. The van der Waals surface area contributed by atoms with E-state index in [0.717, 1.165) is 20.3 Å². The van der Waals surface area contributed by atoms with Crippen molar-refractivity contribution in [1.82, 2.24) is 4.98 Å². The average molecular weight is 408 g/mol. The van der Waals surface area contributed by atoms with Crippen molar-refractivity contribution in [3.63, 3.8) is 0 Å². The smallest absolute Gasteiger partial charge is 0.234 e. The number of benzene rings is 2. The number of fused-ring (bicyclic) bond motifs is 1. The van der Waals surface area contributed by atoms with Gasteiger partial charge in [0.05, 0.1) is 16.3 Å². The predicted octanol–water partition coefficient (Wildman–Crippen LogP) is 5.38. The highest BCUT2D eigenvalue weighted by atomic mass is 79.9. The Balaban J connectivity index is 1.67. The van der Waals surface area contributed by atoms with Gasteiger partial charge in [0.2, 0.25) is 5.91 Å². The molecule has 0 spiro atoms. The van der Waals surface area contributed by atoms with E-state index in [4.69, 9.17) is 11.6 Å². The Morgan fingerprint density at radius 2 is 2.04 bits per heavy atom. The molecule has 23 heavy (non-hydrogen) atoms. The maximum atomic E-state index is 12.1. The van der Waals surface area contributed by atoms with Crippen LogP contribution in [0.25, 0.3) is 10.9 Å². The van der Waals surface area contributed by atoms with Gasteiger partial charge < -0.3 is 5.32 Å². The quantitative estimate of drug-likeness (QED) is 0.590. The number of pyridine rings is 1. The lowest BCUT2D eigenvalue weighted by Crippen LogP contribution is -2.13. The maximum absolute atomic E-state index is 12.1. The van der Waals surface area contributed by atoms with Gasteiger partial charge in [-0.1, -0.05) is 29.8 Å². The first kappa shape index (κ1) is 16.3. The fraction of sp³-hybridized carbons (Fsp3) is 0.0588. The zero-order valence-electron chi connectivity index (χ0n) is 11.9. The zero-order valence-corrected chi connectivity index (χ0v) is 15.1. The van der Waals surface area contributed by atoms with Crippen molar-refractivity contribution in [3.05, 3.63) is 64.2 Å². The Labute approximate surface area is 151 Å². The molecule has 116 valence electrons. The van der Waals surface area contributed by atoms with Crippen LogP contribution in [0.4, 0.5) is 5.69 Å². The molecule has 0 saturated heterocycles. The minimum absolute atomic E-state index is 0.0721. The molecule has 0 aliphatic rings. The molecule has 0 atom stereocenters. The normalized spacial score (nSPS) is 10.7. The molecule has 6 heteroatoms. The van der Waals surface area contributed by atoms with Crippen LogP contribution >= 0.6 is 39.3 Å². The molecule has 3 rings (SSSR count). The lowest BCUT2D eigenvalue weighted by Gasteiger charge is -2.07. The van der Waals surface area contributed by atoms with Gasteiger partial charge in [0, 0.05) is 26.6 Å². The van der Waals surface area contributed by atoms with Crippen molar-refractivity contribution in [2.24, 2.45) is 0 Å². The number of hydrogen-bond donors (Lipinski definition) is 1. The van der Waals surface area contributed by atoms with Crippen molar-refractivity contribution >= 4 is 61.8 Å². The highest BCUT2D eigenvalue weighted by molar-refractivity contribution is 9.10. The van der Waals surface area contributed by atoms with Crippen LogP contribution in [-0.4, -0.2) is 16.6 Å². The maximum Gasteiger partial charge on any atom is 0.234 e. The lowest BCUT2D eigenvalue weighted by molar-refractivity contribution is -0.113. The molecule has 0 radical (unpaired) electrons. The monoisotopic (exact) mass is 406 g/mol. The summed E-state index contributed by atoms with van der Waals surface area (Å²) in [5, 5.41) is 4.54. The largest absolute Gasteiger partial charge is 0.325 e. The van der Waals surface area contributed by atoms with E-state index < -0.39 is 0 Å². The number of amides is 1. The standard InChI is InChI=1S/C17H12BrClN2OS/c18-13-9-12(6-7-14(13)19)21-16(22)10-23-15-5-1-3-11-4-2-8-20-17(11)15/h1-9H,10H2,(H,21,22). The first-order valence-electron chi connectivity index (χ1n) is 6.85. The number of carbonyl (C=O) groups is 1. The van der Waals surface area contributed by atoms with E-state index in [-0.39, 0.29) is 5.91 Å². The second-order valence-electron chi connectivity index (χ2n) is 4.80. The molecule has 1 amide bonds. The van der Waals surface area contributed by atoms with E-state index in [1.54, 1.807) is 24.4 Å². The van der Waals surface area contributed by atoms with Gasteiger partial charge in [-0.2, -0.15) is 0 Å². The minimum atomic E-state index is -0.0721. The zero-order chi connectivity index (χ0) is 16.2. The molecule has 1 heterocycles. The van der Waals surface area contributed by atoms with Crippen LogP contribution in [0.15, 0.2) is 64.1 Å². The number of rotatable bonds is 4. The van der Waals surface area contributed by atoms with Crippen molar-refractivity contribution in [1.29, 1.82) is 0 Å². The average Bonchev–Trinajstić information content (AvgIpc) is 2.56. The number of anilines is 1.